The molecule has 0 aliphatic carbocycles. The number of halogens is 1. The third kappa shape index (κ3) is 5.34. The number of benzene rings is 3. The summed E-state index contributed by atoms with van der Waals surface area (Å²) in [6, 6.07) is 25.8. The normalized spacial score (nSPS) is 14.5. The lowest BCUT2D eigenvalue weighted by atomic mass is 9.95. The van der Waals surface area contributed by atoms with Gasteiger partial charge in [-0.1, -0.05) is 54.6 Å². The molecule has 0 amide bonds. The summed E-state index contributed by atoms with van der Waals surface area (Å²) in [7, 11) is 0. The standard InChI is InChI=1S/C34H31FN6O/c35-27-10-11-30-31(17-27)40-34(39-30)25-12-14-41(15-13-25)20-22-6-8-24(9-7-22)32-29(23-4-2-1-3-5-23)16-26(18-36-32)33-37-19-28(21-42)38-33/h1-11,16-19,25,42H,12-15,20-21H2,(H,37,38)(H,39,40). The Kier molecular flexibility index (Phi) is 7.07. The molecule has 210 valence electrons. The Bertz CT molecular complexity index is 1820. The van der Waals surface area contributed by atoms with Crippen molar-refractivity contribution in [2.24, 2.45) is 0 Å². The van der Waals surface area contributed by atoms with Crippen LogP contribution in [0.1, 0.15) is 35.8 Å². The van der Waals surface area contributed by atoms with Crippen molar-refractivity contribution in [3.05, 3.63) is 114 Å². The van der Waals surface area contributed by atoms with Gasteiger partial charge < -0.3 is 15.1 Å². The molecule has 3 aromatic carbocycles. The van der Waals surface area contributed by atoms with Crippen LogP contribution in [0.2, 0.25) is 0 Å². The largest absolute Gasteiger partial charge is 0.390 e. The summed E-state index contributed by atoms with van der Waals surface area (Å²) in [5.74, 6) is 1.77. The summed E-state index contributed by atoms with van der Waals surface area (Å²) in [4.78, 5) is 23.0. The first-order chi connectivity index (χ1) is 20.6. The second kappa shape index (κ2) is 11.3. The average Bonchev–Trinajstić information content (AvgIpc) is 3.69. The minimum Gasteiger partial charge on any atom is -0.390 e. The quantitative estimate of drug-likeness (QED) is 0.203. The van der Waals surface area contributed by atoms with Crippen LogP contribution in [-0.2, 0) is 13.2 Å². The van der Waals surface area contributed by atoms with Gasteiger partial charge in [-0.25, -0.2) is 14.4 Å². The maximum atomic E-state index is 13.6. The molecule has 8 heteroatoms. The molecule has 3 N–H and O–H groups in total. The molecule has 7 nitrogen and oxygen atoms in total. The molecule has 3 aromatic heterocycles. The van der Waals surface area contributed by atoms with Gasteiger partial charge in [-0.05, 0) is 61.3 Å². The minimum atomic E-state index is -0.242. The van der Waals surface area contributed by atoms with Crippen LogP contribution in [-0.4, -0.2) is 48.0 Å². The number of aliphatic hydroxyl groups excluding tert-OH is 1. The SMILES string of the molecule is OCc1cnc(-c2cnc(-c3ccc(CN4CCC(c5nc6ccc(F)cc6[nH]5)CC4)cc3)c(-c3ccccc3)c2)[nH]1. The Balaban J connectivity index is 1.06. The summed E-state index contributed by atoms with van der Waals surface area (Å²) in [5.41, 5.74) is 8.47. The number of aliphatic hydroxyl groups is 1. The van der Waals surface area contributed by atoms with E-state index in [1.807, 2.05) is 24.4 Å². The molecule has 1 fully saturated rings. The molecule has 0 atom stereocenters. The van der Waals surface area contributed by atoms with Crippen molar-refractivity contribution in [3.8, 4) is 33.8 Å². The highest BCUT2D eigenvalue weighted by Crippen LogP contribution is 2.34. The van der Waals surface area contributed by atoms with Gasteiger partial charge in [0.25, 0.3) is 0 Å². The van der Waals surface area contributed by atoms with E-state index in [-0.39, 0.29) is 12.4 Å². The van der Waals surface area contributed by atoms with E-state index >= 15 is 0 Å². The van der Waals surface area contributed by atoms with E-state index in [1.54, 1.807) is 12.3 Å². The summed E-state index contributed by atoms with van der Waals surface area (Å²) >= 11 is 0. The van der Waals surface area contributed by atoms with E-state index in [0.717, 1.165) is 77.3 Å². The number of fused-ring (bicyclic) bond motifs is 1. The van der Waals surface area contributed by atoms with Crippen LogP contribution in [0.5, 0.6) is 0 Å². The number of piperidine rings is 1. The fourth-order valence-electron chi connectivity index (χ4n) is 5.83. The number of rotatable bonds is 7. The van der Waals surface area contributed by atoms with E-state index < -0.39 is 0 Å². The van der Waals surface area contributed by atoms with E-state index in [9.17, 15) is 9.50 Å². The topological polar surface area (TPSA) is 93.7 Å². The van der Waals surface area contributed by atoms with Crippen molar-refractivity contribution in [2.45, 2.75) is 31.9 Å². The zero-order valence-corrected chi connectivity index (χ0v) is 23.1. The lowest BCUT2D eigenvalue weighted by Gasteiger charge is -2.31. The molecular formula is C34H31FN6O. The Morgan fingerprint density at radius 1 is 0.833 bits per heavy atom. The van der Waals surface area contributed by atoms with Crippen molar-refractivity contribution < 1.29 is 9.50 Å². The van der Waals surface area contributed by atoms with E-state index in [0.29, 0.717) is 17.4 Å². The predicted octanol–water partition coefficient (Wildman–Crippen LogP) is 6.69. The lowest BCUT2D eigenvalue weighted by Crippen LogP contribution is -2.32. The van der Waals surface area contributed by atoms with Crippen LogP contribution in [0.4, 0.5) is 4.39 Å². The Labute approximate surface area is 243 Å². The van der Waals surface area contributed by atoms with Gasteiger partial charge in [0.1, 0.15) is 17.5 Å². The number of pyridine rings is 1. The molecule has 1 aliphatic rings. The van der Waals surface area contributed by atoms with Gasteiger partial charge in [0, 0.05) is 35.3 Å². The molecule has 0 spiro atoms. The molecule has 7 rings (SSSR count). The third-order valence-electron chi connectivity index (χ3n) is 8.11. The Hall–Kier alpha value is -4.66. The van der Waals surface area contributed by atoms with Crippen LogP contribution < -0.4 is 0 Å². The maximum absolute atomic E-state index is 13.6. The maximum Gasteiger partial charge on any atom is 0.139 e. The first-order valence-electron chi connectivity index (χ1n) is 14.3. The zero-order valence-electron chi connectivity index (χ0n) is 23.1. The first kappa shape index (κ1) is 26.3. The highest BCUT2D eigenvalue weighted by atomic mass is 19.1. The third-order valence-corrected chi connectivity index (χ3v) is 8.11. The highest BCUT2D eigenvalue weighted by Gasteiger charge is 2.23. The van der Waals surface area contributed by atoms with Gasteiger partial charge in [-0.3, -0.25) is 9.88 Å². The van der Waals surface area contributed by atoms with Crippen LogP contribution in [0.3, 0.4) is 0 Å². The van der Waals surface area contributed by atoms with Crippen LogP contribution in [0, 0.1) is 5.82 Å². The fraction of sp³-hybridized carbons (Fsp3) is 0.206. The van der Waals surface area contributed by atoms with Gasteiger partial charge in [0.2, 0.25) is 0 Å². The van der Waals surface area contributed by atoms with Gasteiger partial charge in [0.15, 0.2) is 0 Å². The molecule has 42 heavy (non-hydrogen) atoms. The van der Waals surface area contributed by atoms with Crippen LogP contribution in [0.15, 0.2) is 91.3 Å². The molecule has 1 saturated heterocycles. The number of H-pyrrole nitrogens is 2. The minimum absolute atomic E-state index is 0.0853. The summed E-state index contributed by atoms with van der Waals surface area (Å²) in [5, 5.41) is 9.44. The van der Waals surface area contributed by atoms with Gasteiger partial charge >= 0.3 is 0 Å². The number of hydrogen-bond acceptors (Lipinski definition) is 5. The van der Waals surface area contributed by atoms with Gasteiger partial charge in [-0.2, -0.15) is 0 Å². The number of nitrogens with zero attached hydrogens (tertiary/aromatic N) is 4. The summed E-state index contributed by atoms with van der Waals surface area (Å²) in [6.45, 7) is 2.79. The monoisotopic (exact) mass is 558 g/mol. The number of nitrogens with one attached hydrogen (secondary N) is 2. The average molecular weight is 559 g/mol. The number of likely N-dealkylation sites (tertiary alicyclic amines) is 1. The van der Waals surface area contributed by atoms with Crippen molar-refractivity contribution in [2.75, 3.05) is 13.1 Å². The number of hydrogen-bond donors (Lipinski definition) is 3. The predicted molar refractivity (Wildman–Crippen MR) is 162 cm³/mol. The van der Waals surface area contributed by atoms with Gasteiger partial charge in [-0.15, -0.1) is 0 Å². The molecular weight excluding hydrogens is 527 g/mol. The van der Waals surface area contributed by atoms with E-state index in [4.69, 9.17) is 9.97 Å². The van der Waals surface area contributed by atoms with Crippen molar-refractivity contribution in [1.82, 2.24) is 29.8 Å². The van der Waals surface area contributed by atoms with Crippen molar-refractivity contribution in [3.63, 3.8) is 0 Å². The zero-order chi connectivity index (χ0) is 28.5. The highest BCUT2D eigenvalue weighted by molar-refractivity contribution is 5.83. The molecule has 6 aromatic rings. The summed E-state index contributed by atoms with van der Waals surface area (Å²) in [6.07, 6.45) is 5.52. The van der Waals surface area contributed by atoms with E-state index in [2.05, 4.69) is 62.3 Å². The molecule has 1 aliphatic heterocycles. The second-order valence-corrected chi connectivity index (χ2v) is 10.9. The summed E-state index contributed by atoms with van der Waals surface area (Å²) < 4.78 is 13.6. The Morgan fingerprint density at radius 3 is 2.40 bits per heavy atom. The van der Waals surface area contributed by atoms with Crippen LogP contribution >= 0.6 is 0 Å². The number of aromatic amines is 2. The lowest BCUT2D eigenvalue weighted by molar-refractivity contribution is 0.202. The van der Waals surface area contributed by atoms with Gasteiger partial charge in [0.05, 0.1) is 35.2 Å². The second-order valence-electron chi connectivity index (χ2n) is 10.9. The van der Waals surface area contributed by atoms with Crippen LogP contribution in [0.25, 0.3) is 44.8 Å². The molecule has 0 radical (unpaired) electrons. The molecule has 0 bridgehead atoms. The van der Waals surface area contributed by atoms with Crippen molar-refractivity contribution in [1.29, 1.82) is 0 Å². The molecule has 4 heterocycles. The number of imidazole rings is 2. The number of aromatic nitrogens is 5. The van der Waals surface area contributed by atoms with Crippen molar-refractivity contribution >= 4 is 11.0 Å². The molecule has 0 unspecified atom stereocenters. The first-order valence-corrected chi connectivity index (χ1v) is 14.3. The smallest absolute Gasteiger partial charge is 0.139 e. The Morgan fingerprint density at radius 2 is 1.64 bits per heavy atom. The molecule has 0 saturated carbocycles. The fourth-order valence-corrected chi connectivity index (χ4v) is 5.83. The van der Waals surface area contributed by atoms with E-state index in [1.165, 1.54) is 17.7 Å².